The van der Waals surface area contributed by atoms with Crippen molar-refractivity contribution >= 4 is 34.1 Å². The van der Waals surface area contributed by atoms with E-state index in [9.17, 15) is 0 Å². The minimum Gasteiger partial charge on any atom is -0.192 e. The fraction of sp³-hybridized carbons (Fsp3) is 0.182. The molecule has 0 saturated heterocycles. The monoisotopic (exact) mass is 219 g/mol. The Kier molecular flexibility index (Phi) is 2.49. The topological polar surface area (TPSA) is 23.8 Å². The van der Waals surface area contributed by atoms with E-state index in [2.05, 4.69) is 31.7 Å². The van der Waals surface area contributed by atoms with Crippen LogP contribution < -0.4 is 0 Å². The van der Waals surface area contributed by atoms with Gasteiger partial charge < -0.3 is 0 Å². The summed E-state index contributed by atoms with van der Waals surface area (Å²) in [4.78, 5) is 1.02. The molecule has 1 heterocycles. The highest BCUT2D eigenvalue weighted by atomic mass is 32.1. The zero-order chi connectivity index (χ0) is 10.1. The maximum absolute atomic E-state index is 8.89. The lowest BCUT2D eigenvalue weighted by atomic mass is 10.1. The number of rotatable bonds is 1. The van der Waals surface area contributed by atoms with Crippen molar-refractivity contribution in [1.82, 2.24) is 0 Å². The van der Waals surface area contributed by atoms with E-state index in [1.807, 2.05) is 11.4 Å². The summed E-state index contributed by atoms with van der Waals surface area (Å²) in [5, 5.41) is 11.9. The summed E-state index contributed by atoms with van der Waals surface area (Å²) in [6.45, 7) is 2.10. The molecule has 0 bridgehead atoms. The molecule has 3 heteroatoms. The molecule has 2 aromatic rings. The van der Waals surface area contributed by atoms with Gasteiger partial charge in [0.25, 0.3) is 0 Å². The van der Waals surface area contributed by atoms with Gasteiger partial charge in [0.05, 0.1) is 5.56 Å². The van der Waals surface area contributed by atoms with Gasteiger partial charge >= 0.3 is 0 Å². The van der Waals surface area contributed by atoms with Crippen LogP contribution in [-0.2, 0) is 6.42 Å². The van der Waals surface area contributed by atoms with Crippen LogP contribution in [0.3, 0.4) is 0 Å². The molecule has 0 aliphatic rings. The Morgan fingerprint density at radius 3 is 2.93 bits per heavy atom. The van der Waals surface area contributed by atoms with Crippen LogP contribution in [0.25, 0.3) is 10.1 Å². The maximum atomic E-state index is 8.89. The van der Waals surface area contributed by atoms with E-state index in [4.69, 9.17) is 5.26 Å². The average molecular weight is 219 g/mol. The summed E-state index contributed by atoms with van der Waals surface area (Å²) in [6.07, 6.45) is 0.954. The van der Waals surface area contributed by atoms with Crippen molar-refractivity contribution < 1.29 is 0 Å². The lowest BCUT2D eigenvalue weighted by molar-refractivity contribution is 1.09. The lowest BCUT2D eigenvalue weighted by Crippen LogP contribution is -1.82. The van der Waals surface area contributed by atoms with Gasteiger partial charge in [0, 0.05) is 20.4 Å². The zero-order valence-corrected chi connectivity index (χ0v) is 9.45. The number of benzene rings is 1. The molecule has 70 valence electrons. The van der Waals surface area contributed by atoms with Crippen LogP contribution in [0.5, 0.6) is 0 Å². The number of aryl methyl sites for hydroxylation is 1. The van der Waals surface area contributed by atoms with Gasteiger partial charge in [0.1, 0.15) is 6.07 Å². The number of hydrogen-bond donors (Lipinski definition) is 1. The van der Waals surface area contributed by atoms with Crippen molar-refractivity contribution in [3.8, 4) is 6.07 Å². The van der Waals surface area contributed by atoms with Crippen molar-refractivity contribution in [2.24, 2.45) is 0 Å². The van der Waals surface area contributed by atoms with Crippen LogP contribution in [0.15, 0.2) is 22.4 Å². The average Bonchev–Trinajstić information content (AvgIpc) is 2.58. The second-order valence-electron chi connectivity index (χ2n) is 3.09. The van der Waals surface area contributed by atoms with Gasteiger partial charge in [0.2, 0.25) is 0 Å². The molecule has 0 spiro atoms. The first kappa shape index (κ1) is 9.57. The molecule has 0 fully saturated rings. The van der Waals surface area contributed by atoms with Crippen molar-refractivity contribution in [2.45, 2.75) is 18.2 Å². The molecule has 0 saturated carbocycles. The van der Waals surface area contributed by atoms with Crippen molar-refractivity contribution in [2.75, 3.05) is 0 Å². The van der Waals surface area contributed by atoms with Crippen LogP contribution in [-0.4, -0.2) is 0 Å². The predicted molar refractivity (Wildman–Crippen MR) is 63.2 cm³/mol. The van der Waals surface area contributed by atoms with Gasteiger partial charge in [-0.2, -0.15) is 5.26 Å². The Hall–Kier alpha value is -0.980. The summed E-state index contributed by atoms with van der Waals surface area (Å²) < 4.78 is 1.14. The number of thiophene rings is 1. The zero-order valence-electron chi connectivity index (χ0n) is 7.74. The standard InChI is InChI=1S/C11H9NS2/c1-2-7-3-9-8(5-12)6-14-11(9)4-10(7)13/h3-4,6,13H,2H2,1H3. The number of nitrogens with zero attached hydrogens (tertiary/aromatic N) is 1. The molecule has 2 rings (SSSR count). The van der Waals surface area contributed by atoms with E-state index in [1.54, 1.807) is 11.3 Å². The molecule has 0 N–H and O–H groups in total. The third-order valence-electron chi connectivity index (χ3n) is 2.28. The van der Waals surface area contributed by atoms with Crippen LogP contribution in [0.4, 0.5) is 0 Å². The Morgan fingerprint density at radius 1 is 1.50 bits per heavy atom. The minimum absolute atomic E-state index is 0.771. The van der Waals surface area contributed by atoms with E-state index in [1.165, 1.54) is 5.56 Å². The summed E-state index contributed by atoms with van der Waals surface area (Å²) in [7, 11) is 0. The van der Waals surface area contributed by atoms with Gasteiger partial charge in [-0.25, -0.2) is 0 Å². The van der Waals surface area contributed by atoms with E-state index in [0.717, 1.165) is 27.0 Å². The first-order valence-corrected chi connectivity index (χ1v) is 5.72. The van der Waals surface area contributed by atoms with E-state index in [-0.39, 0.29) is 0 Å². The minimum atomic E-state index is 0.771. The molecular formula is C11H9NS2. The molecule has 0 atom stereocenters. The maximum Gasteiger partial charge on any atom is 0.101 e. The van der Waals surface area contributed by atoms with Crippen molar-refractivity contribution in [3.63, 3.8) is 0 Å². The first-order valence-electron chi connectivity index (χ1n) is 4.39. The van der Waals surface area contributed by atoms with Gasteiger partial charge in [-0.15, -0.1) is 24.0 Å². The van der Waals surface area contributed by atoms with Gasteiger partial charge in [0.15, 0.2) is 0 Å². The van der Waals surface area contributed by atoms with Crippen LogP contribution >= 0.6 is 24.0 Å². The van der Waals surface area contributed by atoms with Gasteiger partial charge in [-0.05, 0) is 24.1 Å². The quantitative estimate of drug-likeness (QED) is 0.728. The second-order valence-corrected chi connectivity index (χ2v) is 4.48. The fourth-order valence-corrected chi connectivity index (χ4v) is 2.82. The smallest absolute Gasteiger partial charge is 0.101 e. The number of hydrogen-bond acceptors (Lipinski definition) is 3. The fourth-order valence-electron chi connectivity index (χ4n) is 1.48. The normalized spacial score (nSPS) is 10.4. The largest absolute Gasteiger partial charge is 0.192 e. The highest BCUT2D eigenvalue weighted by Crippen LogP contribution is 2.30. The molecule has 0 aliphatic carbocycles. The van der Waals surface area contributed by atoms with Gasteiger partial charge in [-0.1, -0.05) is 6.92 Å². The SMILES string of the molecule is CCc1cc2c(C#N)csc2cc1S. The summed E-state index contributed by atoms with van der Waals surface area (Å²) >= 11 is 6.02. The highest BCUT2D eigenvalue weighted by molar-refractivity contribution is 7.80. The highest BCUT2D eigenvalue weighted by Gasteiger charge is 2.06. The number of fused-ring (bicyclic) bond motifs is 1. The summed E-state index contributed by atoms with van der Waals surface area (Å²) in [5.41, 5.74) is 1.98. The van der Waals surface area contributed by atoms with Crippen molar-refractivity contribution in [1.29, 1.82) is 5.26 Å². The molecule has 1 nitrogen and oxygen atoms in total. The van der Waals surface area contributed by atoms with E-state index in [0.29, 0.717) is 0 Å². The summed E-state index contributed by atoms with van der Waals surface area (Å²) in [5.74, 6) is 0. The molecule has 1 aromatic heterocycles. The third kappa shape index (κ3) is 1.41. The Bertz CT molecular complexity index is 520. The molecule has 0 unspecified atom stereocenters. The molecular weight excluding hydrogens is 210 g/mol. The van der Waals surface area contributed by atoms with E-state index >= 15 is 0 Å². The number of nitriles is 1. The molecule has 0 aliphatic heterocycles. The Morgan fingerprint density at radius 2 is 2.29 bits per heavy atom. The number of thiol groups is 1. The predicted octanol–water partition coefficient (Wildman–Crippen LogP) is 3.62. The van der Waals surface area contributed by atoms with Crippen molar-refractivity contribution in [3.05, 3.63) is 28.6 Å². The van der Waals surface area contributed by atoms with Crippen LogP contribution in [0.1, 0.15) is 18.1 Å². The van der Waals surface area contributed by atoms with Crippen LogP contribution in [0.2, 0.25) is 0 Å². The second kappa shape index (κ2) is 3.64. The molecule has 0 radical (unpaired) electrons. The molecule has 1 aromatic carbocycles. The van der Waals surface area contributed by atoms with E-state index < -0.39 is 0 Å². The van der Waals surface area contributed by atoms with Gasteiger partial charge in [-0.3, -0.25) is 0 Å². The Balaban J connectivity index is 2.78. The molecule has 14 heavy (non-hydrogen) atoms. The molecule has 0 amide bonds. The first-order chi connectivity index (χ1) is 6.76. The lowest BCUT2D eigenvalue weighted by Gasteiger charge is -2.01. The Labute approximate surface area is 92.4 Å². The third-order valence-corrected chi connectivity index (χ3v) is 3.64. The van der Waals surface area contributed by atoms with Crippen LogP contribution in [0, 0.1) is 11.3 Å². The summed E-state index contributed by atoms with van der Waals surface area (Å²) in [6, 6.07) is 6.33.